The summed E-state index contributed by atoms with van der Waals surface area (Å²) in [4.78, 5) is 23.0. The van der Waals surface area contributed by atoms with Crippen molar-refractivity contribution >= 4 is 11.9 Å². The van der Waals surface area contributed by atoms with Crippen LogP contribution in [0.15, 0.2) is 0 Å². The fourth-order valence-electron chi connectivity index (χ4n) is 1.26. The number of hydrogen-bond acceptors (Lipinski definition) is 4. The van der Waals surface area contributed by atoms with Gasteiger partial charge in [-0.2, -0.15) is 0 Å². The molecule has 0 aliphatic carbocycles. The quantitative estimate of drug-likeness (QED) is 0.644. The number of hydrogen-bond donors (Lipinski definition) is 2. The van der Waals surface area contributed by atoms with E-state index in [9.17, 15) is 9.59 Å². The third-order valence-electron chi connectivity index (χ3n) is 2.34. The van der Waals surface area contributed by atoms with Gasteiger partial charge in [0.25, 0.3) is 0 Å². The van der Waals surface area contributed by atoms with Crippen molar-refractivity contribution in [1.29, 1.82) is 0 Å². The Hall–Kier alpha value is -1.10. The third-order valence-corrected chi connectivity index (χ3v) is 2.34. The first-order valence-electron chi connectivity index (χ1n) is 5.47. The SMILES string of the molecule is CNC(C)C(=O)NC(CC(C)C)C(=O)OC. The van der Waals surface area contributed by atoms with E-state index in [0.717, 1.165) is 0 Å². The van der Waals surface area contributed by atoms with Crippen LogP contribution >= 0.6 is 0 Å². The Kier molecular flexibility index (Phi) is 6.72. The number of likely N-dealkylation sites (N-methyl/N-ethyl adjacent to an activating group) is 1. The van der Waals surface area contributed by atoms with Crippen LogP contribution in [0.2, 0.25) is 0 Å². The molecule has 0 spiro atoms. The second kappa shape index (κ2) is 7.22. The maximum absolute atomic E-state index is 11.6. The first-order chi connectivity index (χ1) is 7.42. The number of ether oxygens (including phenoxy) is 1. The maximum Gasteiger partial charge on any atom is 0.328 e. The zero-order chi connectivity index (χ0) is 12.7. The summed E-state index contributed by atoms with van der Waals surface area (Å²) in [5.41, 5.74) is 0. The normalized spacial score (nSPS) is 14.4. The Morgan fingerprint density at radius 3 is 2.19 bits per heavy atom. The highest BCUT2D eigenvalue weighted by Crippen LogP contribution is 2.06. The third kappa shape index (κ3) is 5.11. The number of rotatable bonds is 6. The molecular formula is C11H22N2O3. The highest BCUT2D eigenvalue weighted by Gasteiger charge is 2.24. The summed E-state index contributed by atoms with van der Waals surface area (Å²) in [5, 5.41) is 5.49. The second-order valence-electron chi connectivity index (χ2n) is 4.22. The topological polar surface area (TPSA) is 67.4 Å². The van der Waals surface area contributed by atoms with E-state index in [-0.39, 0.29) is 11.9 Å². The molecule has 1 amide bonds. The lowest BCUT2D eigenvalue weighted by Crippen LogP contribution is -2.49. The van der Waals surface area contributed by atoms with E-state index >= 15 is 0 Å². The van der Waals surface area contributed by atoms with Crippen molar-refractivity contribution in [2.75, 3.05) is 14.2 Å². The number of carbonyl (C=O) groups is 2. The van der Waals surface area contributed by atoms with E-state index in [4.69, 9.17) is 0 Å². The van der Waals surface area contributed by atoms with Gasteiger partial charge in [-0.1, -0.05) is 13.8 Å². The molecule has 16 heavy (non-hydrogen) atoms. The highest BCUT2D eigenvalue weighted by molar-refractivity contribution is 5.87. The van der Waals surface area contributed by atoms with Gasteiger partial charge < -0.3 is 15.4 Å². The number of amides is 1. The summed E-state index contributed by atoms with van der Waals surface area (Å²) in [5.74, 6) is -0.279. The minimum absolute atomic E-state index is 0.196. The van der Waals surface area contributed by atoms with Crippen LogP contribution < -0.4 is 10.6 Å². The molecule has 5 nitrogen and oxygen atoms in total. The van der Waals surface area contributed by atoms with E-state index in [2.05, 4.69) is 15.4 Å². The predicted octanol–water partition coefficient (Wildman–Crippen LogP) is 0.298. The summed E-state index contributed by atoms with van der Waals surface area (Å²) >= 11 is 0. The zero-order valence-electron chi connectivity index (χ0n) is 10.7. The lowest BCUT2D eigenvalue weighted by molar-refractivity contribution is -0.145. The monoisotopic (exact) mass is 230 g/mol. The zero-order valence-corrected chi connectivity index (χ0v) is 10.7. The van der Waals surface area contributed by atoms with Crippen LogP contribution in [-0.4, -0.2) is 38.1 Å². The van der Waals surface area contributed by atoms with E-state index in [0.29, 0.717) is 12.3 Å². The van der Waals surface area contributed by atoms with Gasteiger partial charge in [0.05, 0.1) is 13.2 Å². The van der Waals surface area contributed by atoms with Crippen molar-refractivity contribution in [2.45, 2.75) is 39.3 Å². The van der Waals surface area contributed by atoms with Crippen molar-refractivity contribution in [2.24, 2.45) is 5.92 Å². The summed E-state index contributed by atoms with van der Waals surface area (Å²) < 4.78 is 4.65. The Morgan fingerprint density at radius 2 is 1.81 bits per heavy atom. The molecule has 0 radical (unpaired) electrons. The van der Waals surface area contributed by atoms with Crippen molar-refractivity contribution in [1.82, 2.24) is 10.6 Å². The fourth-order valence-corrected chi connectivity index (χ4v) is 1.26. The van der Waals surface area contributed by atoms with Crippen molar-refractivity contribution in [3.63, 3.8) is 0 Å². The molecule has 0 fully saturated rings. The Labute approximate surface area is 96.9 Å². The molecule has 0 heterocycles. The smallest absolute Gasteiger partial charge is 0.328 e. The van der Waals surface area contributed by atoms with Crippen molar-refractivity contribution in [3.05, 3.63) is 0 Å². The highest BCUT2D eigenvalue weighted by atomic mass is 16.5. The van der Waals surface area contributed by atoms with Gasteiger partial charge in [0.1, 0.15) is 6.04 Å². The molecule has 2 N–H and O–H groups in total. The van der Waals surface area contributed by atoms with Crippen LogP contribution in [0.5, 0.6) is 0 Å². The minimum Gasteiger partial charge on any atom is -0.467 e. The molecular weight excluding hydrogens is 208 g/mol. The Bertz CT molecular complexity index is 241. The van der Waals surface area contributed by atoms with Gasteiger partial charge in [-0.05, 0) is 26.3 Å². The standard InChI is InChI=1S/C11H22N2O3/c1-7(2)6-9(11(15)16-5)13-10(14)8(3)12-4/h7-9,12H,6H2,1-5H3,(H,13,14). The summed E-state index contributed by atoms with van der Waals surface area (Å²) in [6, 6.07) is -0.882. The summed E-state index contributed by atoms with van der Waals surface area (Å²) in [6.45, 7) is 5.71. The molecule has 0 aromatic carbocycles. The molecule has 0 saturated heterocycles. The van der Waals surface area contributed by atoms with Gasteiger partial charge in [0, 0.05) is 0 Å². The fraction of sp³-hybridized carbons (Fsp3) is 0.818. The van der Waals surface area contributed by atoms with Crippen molar-refractivity contribution in [3.8, 4) is 0 Å². The molecule has 0 bridgehead atoms. The number of esters is 1. The van der Waals surface area contributed by atoms with Crippen LogP contribution in [-0.2, 0) is 14.3 Å². The Morgan fingerprint density at radius 1 is 1.25 bits per heavy atom. The largest absolute Gasteiger partial charge is 0.467 e. The van der Waals surface area contributed by atoms with E-state index in [1.54, 1.807) is 14.0 Å². The van der Waals surface area contributed by atoms with Gasteiger partial charge in [-0.3, -0.25) is 4.79 Å². The van der Waals surface area contributed by atoms with Gasteiger partial charge >= 0.3 is 5.97 Å². The summed E-state index contributed by atoms with van der Waals surface area (Å²) in [6.07, 6.45) is 0.578. The van der Waals surface area contributed by atoms with Gasteiger partial charge in [-0.15, -0.1) is 0 Å². The molecule has 0 rings (SSSR count). The van der Waals surface area contributed by atoms with E-state index < -0.39 is 12.0 Å². The minimum atomic E-state index is -0.562. The lowest BCUT2D eigenvalue weighted by atomic mass is 10.0. The molecule has 0 aliphatic heterocycles. The number of nitrogens with one attached hydrogen (secondary N) is 2. The molecule has 2 unspecified atom stereocenters. The van der Waals surface area contributed by atoms with E-state index in [1.807, 2.05) is 13.8 Å². The van der Waals surface area contributed by atoms with Gasteiger partial charge in [-0.25, -0.2) is 4.79 Å². The average molecular weight is 230 g/mol. The average Bonchev–Trinajstić information content (AvgIpc) is 2.25. The molecule has 2 atom stereocenters. The Balaban J connectivity index is 4.42. The molecule has 5 heteroatoms. The molecule has 0 aromatic rings. The number of carbonyl (C=O) groups excluding carboxylic acids is 2. The first-order valence-corrected chi connectivity index (χ1v) is 5.47. The van der Waals surface area contributed by atoms with Crippen LogP contribution in [0.3, 0.4) is 0 Å². The first kappa shape index (κ1) is 14.9. The molecule has 0 aliphatic rings. The molecule has 0 aromatic heterocycles. The lowest BCUT2D eigenvalue weighted by Gasteiger charge is -2.20. The predicted molar refractivity (Wildman–Crippen MR) is 61.9 cm³/mol. The van der Waals surface area contributed by atoms with Crippen molar-refractivity contribution < 1.29 is 14.3 Å². The maximum atomic E-state index is 11.6. The van der Waals surface area contributed by atoms with Crippen LogP contribution in [0, 0.1) is 5.92 Å². The second-order valence-corrected chi connectivity index (χ2v) is 4.22. The number of methoxy groups -OCH3 is 1. The van der Waals surface area contributed by atoms with Crippen LogP contribution in [0.1, 0.15) is 27.2 Å². The van der Waals surface area contributed by atoms with Crippen LogP contribution in [0.25, 0.3) is 0 Å². The van der Waals surface area contributed by atoms with E-state index in [1.165, 1.54) is 7.11 Å². The summed E-state index contributed by atoms with van der Waals surface area (Å²) in [7, 11) is 3.02. The molecule has 94 valence electrons. The molecule has 0 saturated carbocycles. The van der Waals surface area contributed by atoms with Gasteiger partial charge in [0.15, 0.2) is 0 Å². The van der Waals surface area contributed by atoms with Gasteiger partial charge in [0.2, 0.25) is 5.91 Å². The van der Waals surface area contributed by atoms with Crippen LogP contribution in [0.4, 0.5) is 0 Å².